The molecule has 2 heterocycles. The first-order valence-corrected chi connectivity index (χ1v) is 9.75. The third-order valence-electron chi connectivity index (χ3n) is 4.74. The number of hydrogen-bond donors (Lipinski definition) is 1. The molecule has 0 radical (unpaired) electrons. The Hall–Kier alpha value is -2.96. The van der Waals surface area contributed by atoms with Gasteiger partial charge in [-0.05, 0) is 37.6 Å². The summed E-state index contributed by atoms with van der Waals surface area (Å²) in [6, 6.07) is 11.3. The maximum atomic E-state index is 12.4. The molecule has 7 nitrogen and oxygen atoms in total. The molecule has 3 rings (SSSR count). The molecule has 1 aliphatic rings. The van der Waals surface area contributed by atoms with Gasteiger partial charge < -0.3 is 24.3 Å². The highest BCUT2D eigenvalue weighted by atomic mass is 16.5. The zero-order valence-electron chi connectivity index (χ0n) is 16.2. The van der Waals surface area contributed by atoms with Crippen LogP contribution in [0.5, 0.6) is 5.75 Å². The Morgan fingerprint density at radius 2 is 1.89 bits per heavy atom. The monoisotopic (exact) mass is 385 g/mol. The van der Waals surface area contributed by atoms with E-state index in [1.807, 2.05) is 30.0 Å². The van der Waals surface area contributed by atoms with Crippen molar-refractivity contribution in [3.05, 3.63) is 48.4 Å². The van der Waals surface area contributed by atoms with Crippen molar-refractivity contribution in [1.29, 1.82) is 0 Å². The molecular weight excluding hydrogens is 358 g/mol. The van der Waals surface area contributed by atoms with Crippen LogP contribution in [0.4, 0.5) is 5.69 Å². The minimum atomic E-state index is -0.251. The van der Waals surface area contributed by atoms with E-state index in [1.165, 1.54) is 6.26 Å². The van der Waals surface area contributed by atoms with E-state index in [4.69, 9.17) is 9.15 Å². The smallest absolute Gasteiger partial charge is 0.286 e. The van der Waals surface area contributed by atoms with Crippen molar-refractivity contribution in [2.75, 3.05) is 44.2 Å². The average molecular weight is 385 g/mol. The highest BCUT2D eigenvalue weighted by Gasteiger charge is 2.22. The summed E-state index contributed by atoms with van der Waals surface area (Å²) in [6.45, 7) is 6.01. The van der Waals surface area contributed by atoms with Gasteiger partial charge in [-0.2, -0.15) is 0 Å². The molecule has 0 aliphatic carbocycles. The summed E-state index contributed by atoms with van der Waals surface area (Å²) >= 11 is 0. The second-order valence-electron chi connectivity index (χ2n) is 6.61. The van der Waals surface area contributed by atoms with E-state index < -0.39 is 0 Å². The van der Waals surface area contributed by atoms with Gasteiger partial charge in [0.2, 0.25) is 5.91 Å². The molecular formula is C21H27N3O4. The number of rotatable bonds is 8. The summed E-state index contributed by atoms with van der Waals surface area (Å²) in [5.74, 6) is 1.05. The molecule has 1 fully saturated rings. The van der Waals surface area contributed by atoms with E-state index in [2.05, 4.69) is 16.3 Å². The number of nitrogens with zero attached hydrogens (tertiary/aromatic N) is 2. The SMILES string of the molecule is CCOc1ccccc1N1CCN(C(=O)CCCNC(=O)c2ccco2)CC1. The number of hydrogen-bond acceptors (Lipinski definition) is 5. The standard InChI is InChI=1S/C21H27N3O4/c1-2-27-18-8-4-3-7-17(18)23-12-14-24(15-13-23)20(25)10-5-11-22-21(26)19-9-6-16-28-19/h3-4,6-9,16H,2,5,10-15H2,1H3,(H,22,26). The summed E-state index contributed by atoms with van der Waals surface area (Å²) < 4.78 is 10.8. The molecule has 0 spiro atoms. The second-order valence-corrected chi connectivity index (χ2v) is 6.61. The molecule has 150 valence electrons. The van der Waals surface area contributed by atoms with Gasteiger partial charge in [0, 0.05) is 39.1 Å². The van der Waals surface area contributed by atoms with Gasteiger partial charge in [0.05, 0.1) is 18.6 Å². The van der Waals surface area contributed by atoms with Gasteiger partial charge in [-0.3, -0.25) is 9.59 Å². The first-order chi connectivity index (χ1) is 13.7. The number of carbonyl (C=O) groups excluding carboxylic acids is 2. The molecule has 1 aromatic carbocycles. The van der Waals surface area contributed by atoms with E-state index in [1.54, 1.807) is 12.1 Å². The van der Waals surface area contributed by atoms with E-state index in [-0.39, 0.29) is 17.6 Å². The van der Waals surface area contributed by atoms with Crippen LogP contribution < -0.4 is 15.0 Å². The summed E-state index contributed by atoms with van der Waals surface area (Å²) in [6.07, 6.45) is 2.50. The molecule has 1 aromatic heterocycles. The van der Waals surface area contributed by atoms with Crippen LogP contribution in [0.15, 0.2) is 47.1 Å². The van der Waals surface area contributed by atoms with E-state index in [0.717, 1.165) is 24.5 Å². The third-order valence-corrected chi connectivity index (χ3v) is 4.74. The maximum absolute atomic E-state index is 12.4. The summed E-state index contributed by atoms with van der Waals surface area (Å²) in [4.78, 5) is 28.4. The molecule has 1 N–H and O–H groups in total. The number of carbonyl (C=O) groups is 2. The third kappa shape index (κ3) is 5.06. The van der Waals surface area contributed by atoms with Crippen LogP contribution in [-0.4, -0.2) is 56.0 Å². The second kappa shape index (κ2) is 9.82. The van der Waals surface area contributed by atoms with Crippen LogP contribution in [-0.2, 0) is 4.79 Å². The number of anilines is 1. The van der Waals surface area contributed by atoms with Gasteiger partial charge in [-0.1, -0.05) is 12.1 Å². The van der Waals surface area contributed by atoms with Crippen LogP contribution in [0.1, 0.15) is 30.3 Å². The predicted molar refractivity (Wildman–Crippen MR) is 107 cm³/mol. The van der Waals surface area contributed by atoms with Crippen molar-refractivity contribution in [2.24, 2.45) is 0 Å². The largest absolute Gasteiger partial charge is 0.492 e. The lowest BCUT2D eigenvalue weighted by atomic mass is 10.2. The first-order valence-electron chi connectivity index (χ1n) is 9.75. The zero-order valence-corrected chi connectivity index (χ0v) is 16.2. The van der Waals surface area contributed by atoms with E-state index in [0.29, 0.717) is 39.1 Å². The Morgan fingerprint density at radius 3 is 2.61 bits per heavy atom. The highest BCUT2D eigenvalue weighted by Crippen LogP contribution is 2.28. The number of ether oxygens (including phenoxy) is 1. The van der Waals surface area contributed by atoms with Crippen molar-refractivity contribution < 1.29 is 18.7 Å². The Labute approximate surface area is 165 Å². The van der Waals surface area contributed by atoms with Crippen molar-refractivity contribution in [3.8, 4) is 5.75 Å². The van der Waals surface area contributed by atoms with Crippen LogP contribution in [0.25, 0.3) is 0 Å². The number of para-hydroxylation sites is 2. The Balaban J connectivity index is 1.40. The molecule has 0 bridgehead atoms. The molecule has 28 heavy (non-hydrogen) atoms. The van der Waals surface area contributed by atoms with Crippen LogP contribution in [0, 0.1) is 0 Å². The zero-order chi connectivity index (χ0) is 19.8. The molecule has 1 saturated heterocycles. The molecule has 1 aliphatic heterocycles. The number of nitrogens with one attached hydrogen (secondary N) is 1. The minimum Gasteiger partial charge on any atom is -0.492 e. The van der Waals surface area contributed by atoms with Gasteiger partial charge >= 0.3 is 0 Å². The van der Waals surface area contributed by atoms with Gasteiger partial charge in [0.1, 0.15) is 5.75 Å². The van der Waals surface area contributed by atoms with Gasteiger partial charge in [0.25, 0.3) is 5.91 Å². The topological polar surface area (TPSA) is 75.0 Å². The Morgan fingerprint density at radius 1 is 1.11 bits per heavy atom. The molecule has 2 aromatic rings. The fourth-order valence-electron chi connectivity index (χ4n) is 3.29. The fourth-order valence-corrected chi connectivity index (χ4v) is 3.29. The number of piperazine rings is 1. The highest BCUT2D eigenvalue weighted by molar-refractivity contribution is 5.91. The number of amides is 2. The van der Waals surface area contributed by atoms with Gasteiger partial charge in [0.15, 0.2) is 5.76 Å². The summed E-state index contributed by atoms with van der Waals surface area (Å²) in [5, 5.41) is 2.76. The van der Waals surface area contributed by atoms with Gasteiger partial charge in [-0.25, -0.2) is 0 Å². The molecule has 0 atom stereocenters. The summed E-state index contributed by atoms with van der Waals surface area (Å²) in [7, 11) is 0. The molecule has 2 amide bonds. The Bertz CT molecular complexity index is 768. The molecule has 0 unspecified atom stereocenters. The van der Waals surface area contributed by atoms with Crippen molar-refractivity contribution in [2.45, 2.75) is 19.8 Å². The Kier molecular flexibility index (Phi) is 6.94. The van der Waals surface area contributed by atoms with Crippen LogP contribution in [0.3, 0.4) is 0 Å². The van der Waals surface area contributed by atoms with Crippen molar-refractivity contribution >= 4 is 17.5 Å². The maximum Gasteiger partial charge on any atom is 0.286 e. The quantitative estimate of drug-likeness (QED) is 0.707. The van der Waals surface area contributed by atoms with Crippen molar-refractivity contribution in [1.82, 2.24) is 10.2 Å². The average Bonchev–Trinajstić information content (AvgIpc) is 3.27. The lowest BCUT2D eigenvalue weighted by Crippen LogP contribution is -2.49. The lowest BCUT2D eigenvalue weighted by Gasteiger charge is -2.36. The molecule has 7 heteroatoms. The summed E-state index contributed by atoms with van der Waals surface area (Å²) in [5.41, 5.74) is 1.08. The molecule has 0 saturated carbocycles. The fraction of sp³-hybridized carbons (Fsp3) is 0.429. The number of benzene rings is 1. The van der Waals surface area contributed by atoms with E-state index in [9.17, 15) is 9.59 Å². The predicted octanol–water partition coefficient (Wildman–Crippen LogP) is 2.54. The lowest BCUT2D eigenvalue weighted by molar-refractivity contribution is -0.131. The van der Waals surface area contributed by atoms with E-state index >= 15 is 0 Å². The van der Waals surface area contributed by atoms with Crippen LogP contribution in [0.2, 0.25) is 0 Å². The minimum absolute atomic E-state index is 0.130. The normalized spacial score (nSPS) is 14.0. The van der Waals surface area contributed by atoms with Gasteiger partial charge in [-0.15, -0.1) is 0 Å². The number of furan rings is 1. The van der Waals surface area contributed by atoms with Crippen LogP contribution >= 0.6 is 0 Å². The van der Waals surface area contributed by atoms with Crippen molar-refractivity contribution in [3.63, 3.8) is 0 Å². The first kappa shape index (κ1) is 19.8.